The number of carbonyl (C=O) groups excluding carboxylic acids is 2. The maximum atomic E-state index is 12.4. The highest BCUT2D eigenvalue weighted by Crippen LogP contribution is 2.28. The highest BCUT2D eigenvalue weighted by molar-refractivity contribution is 5.95. The van der Waals surface area contributed by atoms with Gasteiger partial charge in [-0.1, -0.05) is 18.2 Å². The van der Waals surface area contributed by atoms with Gasteiger partial charge in [-0.05, 0) is 49.2 Å². The van der Waals surface area contributed by atoms with Gasteiger partial charge in [0.2, 0.25) is 11.2 Å². The minimum Gasteiger partial charge on any atom is -0.477 e. The first-order chi connectivity index (χ1) is 15.0. The monoisotopic (exact) mass is 418 g/mol. The number of hydrogen-bond acceptors (Lipinski definition) is 6. The van der Waals surface area contributed by atoms with E-state index in [0.717, 1.165) is 18.7 Å². The highest BCUT2D eigenvalue weighted by Gasteiger charge is 2.19. The molecule has 7 nitrogen and oxygen atoms in total. The van der Waals surface area contributed by atoms with Crippen LogP contribution in [0.25, 0.3) is 0 Å². The highest BCUT2D eigenvalue weighted by atomic mass is 16.5. The molecule has 2 heterocycles. The Hall–Kier alpha value is -3.87. The molecule has 0 fully saturated rings. The van der Waals surface area contributed by atoms with E-state index in [-0.39, 0.29) is 23.6 Å². The van der Waals surface area contributed by atoms with Crippen LogP contribution in [0.1, 0.15) is 28.6 Å². The van der Waals surface area contributed by atoms with Gasteiger partial charge in [-0.3, -0.25) is 14.4 Å². The minimum atomic E-state index is -0.423. The van der Waals surface area contributed by atoms with Gasteiger partial charge < -0.3 is 19.4 Å². The standard InChI is InChI=1S/C24H22N2O5/c1-16(27)17-6-8-19(9-7-17)25-24(29)15-31-23-14-30-20(12-22(23)28)13-26-11-10-18-4-2-3-5-21(18)26/h2-9,12,14H,10-11,13,15H2,1H3,(H,25,29). The molecule has 0 unspecified atom stereocenters. The largest absolute Gasteiger partial charge is 0.477 e. The van der Waals surface area contributed by atoms with Crippen LogP contribution in [0.5, 0.6) is 5.75 Å². The van der Waals surface area contributed by atoms with Crippen molar-refractivity contribution >= 4 is 23.1 Å². The number of Topliss-reactive ketones (excluding diaryl/α,β-unsaturated/α-hetero) is 1. The number of benzene rings is 2. The van der Waals surface area contributed by atoms with Crippen LogP contribution >= 0.6 is 0 Å². The molecule has 158 valence electrons. The zero-order valence-electron chi connectivity index (χ0n) is 17.1. The van der Waals surface area contributed by atoms with Crippen LogP contribution in [0.2, 0.25) is 0 Å². The fourth-order valence-corrected chi connectivity index (χ4v) is 3.51. The van der Waals surface area contributed by atoms with Gasteiger partial charge in [0.15, 0.2) is 12.4 Å². The van der Waals surface area contributed by atoms with Crippen molar-refractivity contribution < 1.29 is 18.7 Å². The molecular formula is C24H22N2O5. The lowest BCUT2D eigenvalue weighted by Gasteiger charge is -2.18. The van der Waals surface area contributed by atoms with Crippen molar-refractivity contribution in [3.8, 4) is 5.75 Å². The van der Waals surface area contributed by atoms with Crippen LogP contribution in [-0.4, -0.2) is 24.8 Å². The molecule has 1 amide bonds. The van der Waals surface area contributed by atoms with Gasteiger partial charge in [0.1, 0.15) is 12.0 Å². The Morgan fingerprint density at radius 1 is 1.13 bits per heavy atom. The summed E-state index contributed by atoms with van der Waals surface area (Å²) in [6.07, 6.45) is 2.21. The number of ether oxygens (including phenoxy) is 1. The molecule has 4 rings (SSSR count). The molecule has 0 spiro atoms. The maximum absolute atomic E-state index is 12.4. The van der Waals surface area contributed by atoms with Crippen LogP contribution < -0.4 is 20.4 Å². The van der Waals surface area contributed by atoms with E-state index < -0.39 is 5.91 Å². The summed E-state index contributed by atoms with van der Waals surface area (Å²) in [4.78, 5) is 37.9. The van der Waals surface area contributed by atoms with Crippen molar-refractivity contribution in [1.29, 1.82) is 0 Å². The summed E-state index contributed by atoms with van der Waals surface area (Å²) in [5, 5.41) is 2.65. The smallest absolute Gasteiger partial charge is 0.262 e. The third-order valence-electron chi connectivity index (χ3n) is 5.12. The Morgan fingerprint density at radius 2 is 1.90 bits per heavy atom. The van der Waals surface area contributed by atoms with Crippen molar-refractivity contribution in [2.75, 3.05) is 23.4 Å². The van der Waals surface area contributed by atoms with Crippen molar-refractivity contribution in [3.05, 3.63) is 88.0 Å². The lowest BCUT2D eigenvalue weighted by atomic mass is 10.1. The third-order valence-corrected chi connectivity index (χ3v) is 5.12. The molecule has 0 saturated carbocycles. The maximum Gasteiger partial charge on any atom is 0.262 e. The molecule has 7 heteroatoms. The number of rotatable bonds is 7. The molecule has 31 heavy (non-hydrogen) atoms. The van der Waals surface area contributed by atoms with E-state index in [0.29, 0.717) is 23.6 Å². The molecule has 0 atom stereocenters. The van der Waals surface area contributed by atoms with E-state index in [1.165, 1.54) is 24.8 Å². The van der Waals surface area contributed by atoms with Crippen LogP contribution in [0.15, 0.2) is 70.1 Å². The molecule has 1 aromatic heterocycles. The Bertz CT molecular complexity index is 1170. The molecule has 1 aliphatic heterocycles. The molecule has 1 aliphatic rings. The van der Waals surface area contributed by atoms with Crippen LogP contribution in [0.3, 0.4) is 0 Å². The van der Waals surface area contributed by atoms with Crippen molar-refractivity contribution in [3.63, 3.8) is 0 Å². The van der Waals surface area contributed by atoms with Crippen molar-refractivity contribution in [1.82, 2.24) is 0 Å². The average molecular weight is 418 g/mol. The lowest BCUT2D eigenvalue weighted by Crippen LogP contribution is -2.23. The summed E-state index contributed by atoms with van der Waals surface area (Å²) >= 11 is 0. The molecular weight excluding hydrogens is 396 g/mol. The second-order valence-electron chi connectivity index (χ2n) is 7.35. The minimum absolute atomic E-state index is 0.0207. The summed E-state index contributed by atoms with van der Waals surface area (Å²) < 4.78 is 10.9. The molecule has 0 bridgehead atoms. The van der Waals surface area contributed by atoms with Gasteiger partial charge >= 0.3 is 0 Å². The second kappa shape index (κ2) is 8.87. The number of ketones is 1. The predicted octanol–water partition coefficient (Wildman–Crippen LogP) is 3.42. The predicted molar refractivity (Wildman–Crippen MR) is 117 cm³/mol. The van der Waals surface area contributed by atoms with E-state index in [9.17, 15) is 14.4 Å². The van der Waals surface area contributed by atoms with Gasteiger partial charge in [-0.2, -0.15) is 0 Å². The fraction of sp³-hybridized carbons (Fsp3) is 0.208. The Kier molecular flexibility index (Phi) is 5.84. The molecule has 0 aliphatic carbocycles. The van der Waals surface area contributed by atoms with Gasteiger partial charge in [-0.15, -0.1) is 0 Å². The first-order valence-electron chi connectivity index (χ1n) is 9.98. The van der Waals surface area contributed by atoms with Crippen molar-refractivity contribution in [2.45, 2.75) is 19.9 Å². The number of anilines is 2. The normalized spacial score (nSPS) is 12.4. The summed E-state index contributed by atoms with van der Waals surface area (Å²) in [6, 6.07) is 16.1. The Balaban J connectivity index is 1.33. The van der Waals surface area contributed by atoms with Crippen LogP contribution in [-0.2, 0) is 17.8 Å². The Morgan fingerprint density at radius 3 is 2.65 bits per heavy atom. The quantitative estimate of drug-likeness (QED) is 0.592. The number of para-hydroxylation sites is 1. The number of carbonyl (C=O) groups is 2. The number of amides is 1. The first kappa shape index (κ1) is 20.4. The molecule has 0 saturated heterocycles. The van der Waals surface area contributed by atoms with E-state index in [2.05, 4.69) is 22.3 Å². The Labute approximate surface area is 179 Å². The third kappa shape index (κ3) is 4.83. The van der Waals surface area contributed by atoms with E-state index >= 15 is 0 Å². The van der Waals surface area contributed by atoms with Gasteiger partial charge in [0.25, 0.3) is 5.91 Å². The summed E-state index contributed by atoms with van der Waals surface area (Å²) in [7, 11) is 0. The molecule has 1 N–H and O–H groups in total. The van der Waals surface area contributed by atoms with Crippen molar-refractivity contribution in [2.24, 2.45) is 0 Å². The molecule has 0 radical (unpaired) electrons. The topological polar surface area (TPSA) is 88.8 Å². The van der Waals surface area contributed by atoms with Gasteiger partial charge in [0.05, 0.1) is 6.54 Å². The van der Waals surface area contributed by atoms with Crippen LogP contribution in [0.4, 0.5) is 11.4 Å². The molecule has 2 aromatic carbocycles. The molecule has 3 aromatic rings. The summed E-state index contributed by atoms with van der Waals surface area (Å²) in [5.41, 5.74) is 3.19. The van der Waals surface area contributed by atoms with Gasteiger partial charge in [0, 0.05) is 29.5 Å². The second-order valence-corrected chi connectivity index (χ2v) is 7.35. The van der Waals surface area contributed by atoms with E-state index in [1.807, 2.05) is 12.1 Å². The number of nitrogens with one attached hydrogen (secondary N) is 1. The average Bonchev–Trinajstić information content (AvgIpc) is 3.16. The zero-order chi connectivity index (χ0) is 21.8. The lowest BCUT2D eigenvalue weighted by molar-refractivity contribution is -0.118. The summed E-state index contributed by atoms with van der Waals surface area (Å²) in [6.45, 7) is 2.50. The zero-order valence-corrected chi connectivity index (χ0v) is 17.1. The number of hydrogen-bond donors (Lipinski definition) is 1. The SMILES string of the molecule is CC(=O)c1ccc(NC(=O)COc2coc(CN3CCc4ccccc43)cc2=O)cc1. The van der Waals surface area contributed by atoms with E-state index in [4.69, 9.17) is 9.15 Å². The number of nitrogens with zero attached hydrogens (tertiary/aromatic N) is 1. The first-order valence-corrected chi connectivity index (χ1v) is 9.98. The van der Waals surface area contributed by atoms with E-state index in [1.54, 1.807) is 24.3 Å². The summed E-state index contributed by atoms with van der Waals surface area (Å²) in [5.74, 6) is 0.0368. The van der Waals surface area contributed by atoms with Crippen LogP contribution in [0, 0.1) is 0 Å². The van der Waals surface area contributed by atoms with Gasteiger partial charge in [-0.25, -0.2) is 0 Å². The number of fused-ring (bicyclic) bond motifs is 1. The fourth-order valence-electron chi connectivity index (χ4n) is 3.51.